The first kappa shape index (κ1) is 17.6. The quantitative estimate of drug-likeness (QED) is 0.517. The van der Waals surface area contributed by atoms with Crippen molar-refractivity contribution in [3.05, 3.63) is 83.9 Å². The van der Waals surface area contributed by atoms with Crippen molar-refractivity contribution in [1.29, 1.82) is 10.5 Å². The monoisotopic (exact) mass is 378 g/mol. The van der Waals surface area contributed by atoms with E-state index in [1.54, 1.807) is 0 Å². The van der Waals surface area contributed by atoms with Gasteiger partial charge in [0.1, 0.15) is 28.5 Å². The van der Waals surface area contributed by atoms with Crippen LogP contribution in [-0.2, 0) is 0 Å². The van der Waals surface area contributed by atoms with Crippen LogP contribution < -0.4 is 5.73 Å². The number of nitrogens with two attached hydrogens (primary N) is 1. The number of hydrogen-bond donors (Lipinski definition) is 1. The molecule has 0 saturated heterocycles. The van der Waals surface area contributed by atoms with Crippen molar-refractivity contribution in [3.8, 4) is 23.3 Å². The molecule has 5 heteroatoms. The fourth-order valence-corrected chi connectivity index (χ4v) is 4.02. The molecule has 4 nitrogen and oxygen atoms in total. The lowest BCUT2D eigenvalue weighted by Gasteiger charge is -2.13. The maximum Gasteiger partial charge on any atom is 0.143 e. The van der Waals surface area contributed by atoms with Crippen LogP contribution in [-0.4, -0.2) is 4.98 Å². The lowest BCUT2D eigenvalue weighted by atomic mass is 9.95. The van der Waals surface area contributed by atoms with Gasteiger partial charge in [-0.05, 0) is 34.5 Å². The smallest absolute Gasteiger partial charge is 0.143 e. The van der Waals surface area contributed by atoms with Crippen molar-refractivity contribution < 1.29 is 0 Å². The molecule has 132 valence electrons. The average Bonchev–Trinajstić information content (AvgIpc) is 2.73. The Bertz CT molecular complexity index is 1270. The summed E-state index contributed by atoms with van der Waals surface area (Å²) in [5.41, 5.74) is 7.99. The number of rotatable bonds is 3. The van der Waals surface area contributed by atoms with Gasteiger partial charge in [0.15, 0.2) is 0 Å². The van der Waals surface area contributed by atoms with E-state index in [2.05, 4.69) is 17.1 Å². The third kappa shape index (κ3) is 3.16. The second kappa shape index (κ2) is 7.44. The molecule has 0 atom stereocenters. The highest BCUT2D eigenvalue weighted by Crippen LogP contribution is 2.38. The molecule has 4 rings (SSSR count). The van der Waals surface area contributed by atoms with Crippen LogP contribution in [0.4, 0.5) is 5.82 Å². The summed E-state index contributed by atoms with van der Waals surface area (Å²) in [5, 5.41) is 22.2. The number of nitriles is 2. The molecule has 0 radical (unpaired) electrons. The Morgan fingerprint density at radius 2 is 1.46 bits per heavy atom. The zero-order valence-electron chi connectivity index (χ0n) is 14.8. The summed E-state index contributed by atoms with van der Waals surface area (Å²) in [6.45, 7) is 0. The van der Waals surface area contributed by atoms with Crippen molar-refractivity contribution in [3.63, 3.8) is 0 Å². The summed E-state index contributed by atoms with van der Waals surface area (Å²) in [5.74, 6) is 0.128. The third-order valence-electron chi connectivity index (χ3n) is 4.41. The Morgan fingerprint density at radius 1 is 0.786 bits per heavy atom. The van der Waals surface area contributed by atoms with Crippen molar-refractivity contribution in [2.45, 2.75) is 9.92 Å². The highest BCUT2D eigenvalue weighted by Gasteiger charge is 2.21. The standard InChI is InChI=1S/C23H14N4S/c24-13-19-21(17-11-10-15-6-4-5-7-16(15)12-17)20(14-25)23(27-22(19)26)28-18-8-2-1-3-9-18/h1-12H,(H2,26,27). The molecule has 1 heterocycles. The van der Waals surface area contributed by atoms with Crippen LogP contribution >= 0.6 is 11.8 Å². The third-order valence-corrected chi connectivity index (χ3v) is 5.41. The van der Waals surface area contributed by atoms with Gasteiger partial charge in [0.05, 0.1) is 5.56 Å². The number of nitrogen functional groups attached to an aromatic ring is 1. The fourth-order valence-electron chi connectivity index (χ4n) is 3.11. The Labute approximate surface area is 166 Å². The molecule has 3 aromatic carbocycles. The van der Waals surface area contributed by atoms with Crippen LogP contribution in [0.3, 0.4) is 0 Å². The van der Waals surface area contributed by atoms with Gasteiger partial charge in [0, 0.05) is 10.5 Å². The summed E-state index contributed by atoms with van der Waals surface area (Å²) < 4.78 is 0. The zero-order chi connectivity index (χ0) is 19.5. The maximum atomic E-state index is 9.91. The SMILES string of the molecule is N#Cc1c(N)nc(Sc2ccccc2)c(C#N)c1-c1ccc2ccccc2c1. The number of aromatic nitrogens is 1. The van der Waals surface area contributed by atoms with Crippen molar-refractivity contribution in [2.75, 3.05) is 5.73 Å². The van der Waals surface area contributed by atoms with Gasteiger partial charge in [-0.2, -0.15) is 10.5 Å². The summed E-state index contributed by atoms with van der Waals surface area (Å²) >= 11 is 1.36. The lowest BCUT2D eigenvalue weighted by Crippen LogP contribution is -2.03. The van der Waals surface area contributed by atoms with E-state index >= 15 is 0 Å². The number of pyridine rings is 1. The van der Waals surface area contributed by atoms with E-state index < -0.39 is 0 Å². The van der Waals surface area contributed by atoms with Crippen LogP contribution in [0.25, 0.3) is 21.9 Å². The molecule has 0 aliphatic carbocycles. The number of anilines is 1. The molecule has 0 aliphatic rings. The first-order valence-electron chi connectivity index (χ1n) is 8.57. The number of benzene rings is 3. The van der Waals surface area contributed by atoms with Gasteiger partial charge in [0.25, 0.3) is 0 Å². The van der Waals surface area contributed by atoms with Crippen molar-refractivity contribution >= 4 is 28.4 Å². The van der Waals surface area contributed by atoms with E-state index in [0.29, 0.717) is 16.2 Å². The average molecular weight is 378 g/mol. The van der Waals surface area contributed by atoms with Crippen molar-refractivity contribution in [1.82, 2.24) is 4.98 Å². The van der Waals surface area contributed by atoms with Gasteiger partial charge in [-0.1, -0.05) is 66.4 Å². The molecule has 1 aromatic heterocycles. The highest BCUT2D eigenvalue weighted by atomic mass is 32.2. The van der Waals surface area contributed by atoms with Gasteiger partial charge in [-0.15, -0.1) is 0 Å². The van der Waals surface area contributed by atoms with E-state index in [0.717, 1.165) is 21.2 Å². The number of fused-ring (bicyclic) bond motifs is 1. The minimum atomic E-state index is 0.128. The fraction of sp³-hybridized carbons (Fsp3) is 0. The lowest BCUT2D eigenvalue weighted by molar-refractivity contribution is 1.11. The Balaban J connectivity index is 1.96. The Kier molecular flexibility index (Phi) is 4.68. The molecular formula is C23H14N4S. The minimum absolute atomic E-state index is 0.128. The molecule has 0 spiro atoms. The van der Waals surface area contributed by atoms with Gasteiger partial charge in [0.2, 0.25) is 0 Å². The summed E-state index contributed by atoms with van der Waals surface area (Å²) in [6, 6.07) is 27.8. The summed E-state index contributed by atoms with van der Waals surface area (Å²) in [4.78, 5) is 5.30. The minimum Gasteiger partial charge on any atom is -0.383 e. The molecule has 2 N–H and O–H groups in total. The van der Waals surface area contributed by atoms with E-state index in [9.17, 15) is 10.5 Å². The summed E-state index contributed by atoms with van der Waals surface area (Å²) in [6.07, 6.45) is 0. The number of nitrogens with zero attached hydrogens (tertiary/aromatic N) is 3. The molecule has 0 fully saturated rings. The van der Waals surface area contributed by atoms with Crippen LogP contribution in [0, 0.1) is 22.7 Å². The molecule has 0 bridgehead atoms. The van der Waals surface area contributed by atoms with Gasteiger partial charge < -0.3 is 5.73 Å². The van der Waals surface area contributed by atoms with E-state index in [1.165, 1.54) is 11.8 Å². The molecule has 28 heavy (non-hydrogen) atoms. The Hall–Kier alpha value is -3.80. The predicted octanol–water partition coefficient (Wildman–Crippen LogP) is 5.38. The predicted molar refractivity (Wildman–Crippen MR) is 112 cm³/mol. The van der Waals surface area contributed by atoms with Crippen LogP contribution in [0.2, 0.25) is 0 Å². The second-order valence-corrected chi connectivity index (χ2v) is 7.19. The second-order valence-electron chi connectivity index (χ2n) is 6.13. The zero-order valence-corrected chi connectivity index (χ0v) is 15.6. The molecule has 0 amide bonds. The topological polar surface area (TPSA) is 86.5 Å². The largest absolute Gasteiger partial charge is 0.383 e. The molecular weight excluding hydrogens is 364 g/mol. The molecule has 0 saturated carbocycles. The van der Waals surface area contributed by atoms with E-state index in [-0.39, 0.29) is 11.4 Å². The van der Waals surface area contributed by atoms with Gasteiger partial charge in [-0.3, -0.25) is 0 Å². The number of hydrogen-bond acceptors (Lipinski definition) is 5. The first-order valence-corrected chi connectivity index (χ1v) is 9.38. The Morgan fingerprint density at radius 3 is 2.18 bits per heavy atom. The van der Waals surface area contributed by atoms with Crippen LogP contribution in [0.5, 0.6) is 0 Å². The van der Waals surface area contributed by atoms with Gasteiger partial charge in [-0.25, -0.2) is 4.98 Å². The van der Waals surface area contributed by atoms with Crippen LogP contribution in [0.1, 0.15) is 11.1 Å². The van der Waals surface area contributed by atoms with E-state index in [4.69, 9.17) is 5.73 Å². The maximum absolute atomic E-state index is 9.91. The van der Waals surface area contributed by atoms with E-state index in [1.807, 2.05) is 72.8 Å². The van der Waals surface area contributed by atoms with Crippen LogP contribution in [0.15, 0.2) is 82.7 Å². The summed E-state index contributed by atoms with van der Waals surface area (Å²) in [7, 11) is 0. The molecule has 4 aromatic rings. The van der Waals surface area contributed by atoms with Gasteiger partial charge >= 0.3 is 0 Å². The first-order chi connectivity index (χ1) is 13.7. The highest BCUT2D eigenvalue weighted by molar-refractivity contribution is 7.99. The molecule has 0 aliphatic heterocycles. The normalized spacial score (nSPS) is 10.4. The molecule has 0 unspecified atom stereocenters. The van der Waals surface area contributed by atoms with Crippen molar-refractivity contribution in [2.24, 2.45) is 0 Å².